The Morgan fingerprint density at radius 3 is 2.95 bits per heavy atom. The lowest BCUT2D eigenvalue weighted by Crippen LogP contribution is -2.40. The van der Waals surface area contributed by atoms with Gasteiger partial charge >= 0.3 is 0 Å². The van der Waals surface area contributed by atoms with E-state index in [1.807, 2.05) is 6.07 Å². The summed E-state index contributed by atoms with van der Waals surface area (Å²) in [4.78, 5) is 0. The third-order valence-electron chi connectivity index (χ3n) is 3.68. The van der Waals surface area contributed by atoms with Crippen molar-refractivity contribution in [3.63, 3.8) is 0 Å². The van der Waals surface area contributed by atoms with Crippen molar-refractivity contribution in [1.82, 2.24) is 5.32 Å². The second-order valence-corrected chi connectivity index (χ2v) is 5.41. The Bertz CT molecular complexity index is 427. The van der Waals surface area contributed by atoms with Gasteiger partial charge in [-0.15, -0.1) is 0 Å². The molecule has 0 amide bonds. The monoisotopic (exact) mass is 277 g/mol. The van der Waals surface area contributed by atoms with E-state index in [0.717, 1.165) is 12.3 Å². The summed E-state index contributed by atoms with van der Waals surface area (Å²) >= 11 is 0. The second kappa shape index (κ2) is 6.57. The molecule has 0 bridgehead atoms. The number of benzene rings is 1. The zero-order valence-corrected chi connectivity index (χ0v) is 12.0. The Labute approximate surface area is 120 Å². The summed E-state index contributed by atoms with van der Waals surface area (Å²) in [5.41, 5.74) is 1.21. The maximum atomic E-state index is 5.88. The van der Waals surface area contributed by atoms with Gasteiger partial charge in [0.2, 0.25) is 0 Å². The molecule has 2 aliphatic rings. The fourth-order valence-electron chi connectivity index (χ4n) is 2.54. The molecule has 2 unspecified atom stereocenters. The lowest BCUT2D eigenvalue weighted by molar-refractivity contribution is -0.102. The molecule has 1 heterocycles. The first-order valence-electron chi connectivity index (χ1n) is 7.56. The predicted molar refractivity (Wildman–Crippen MR) is 77.1 cm³/mol. The molecule has 0 aromatic heterocycles. The maximum Gasteiger partial charge on any atom is 0.120 e. The molecule has 2 atom stereocenters. The van der Waals surface area contributed by atoms with Crippen LogP contribution >= 0.6 is 0 Å². The van der Waals surface area contributed by atoms with Gasteiger partial charge in [-0.1, -0.05) is 19.1 Å². The van der Waals surface area contributed by atoms with Crippen LogP contribution in [0.4, 0.5) is 0 Å². The molecule has 4 heteroatoms. The number of hydrogen-bond donors (Lipinski definition) is 1. The Hall–Kier alpha value is -1.10. The Morgan fingerprint density at radius 1 is 1.35 bits per heavy atom. The summed E-state index contributed by atoms with van der Waals surface area (Å²) in [5, 5.41) is 3.50. The molecule has 1 aliphatic heterocycles. The van der Waals surface area contributed by atoms with E-state index >= 15 is 0 Å². The molecule has 1 aliphatic carbocycles. The number of likely N-dealkylation sites (N-methyl/N-ethyl adjacent to an activating group) is 1. The zero-order valence-electron chi connectivity index (χ0n) is 12.0. The first kappa shape index (κ1) is 13.9. The van der Waals surface area contributed by atoms with Crippen LogP contribution in [-0.4, -0.2) is 38.6 Å². The topological polar surface area (TPSA) is 39.7 Å². The molecular weight excluding hydrogens is 254 g/mol. The minimum atomic E-state index is 0.0693. The van der Waals surface area contributed by atoms with Crippen LogP contribution in [0.15, 0.2) is 24.3 Å². The van der Waals surface area contributed by atoms with Crippen molar-refractivity contribution in [2.24, 2.45) is 0 Å². The van der Waals surface area contributed by atoms with Crippen molar-refractivity contribution >= 4 is 0 Å². The highest BCUT2D eigenvalue weighted by molar-refractivity contribution is 5.31. The molecule has 1 saturated carbocycles. The summed E-state index contributed by atoms with van der Waals surface area (Å²) in [6.07, 6.45) is 2.86. The van der Waals surface area contributed by atoms with E-state index in [-0.39, 0.29) is 12.1 Å². The molecule has 1 aromatic rings. The van der Waals surface area contributed by atoms with E-state index in [0.29, 0.717) is 25.9 Å². The number of nitrogens with one attached hydrogen (secondary N) is 1. The van der Waals surface area contributed by atoms with Gasteiger partial charge in [0, 0.05) is 0 Å². The van der Waals surface area contributed by atoms with Crippen LogP contribution in [0, 0.1) is 0 Å². The van der Waals surface area contributed by atoms with Crippen LogP contribution in [-0.2, 0) is 9.47 Å². The minimum absolute atomic E-state index is 0.0693. The van der Waals surface area contributed by atoms with Crippen molar-refractivity contribution in [3.8, 4) is 5.75 Å². The zero-order chi connectivity index (χ0) is 13.8. The van der Waals surface area contributed by atoms with E-state index in [4.69, 9.17) is 14.2 Å². The molecule has 1 saturated heterocycles. The Kier molecular flexibility index (Phi) is 4.55. The summed E-state index contributed by atoms with van der Waals surface area (Å²) in [6, 6.07) is 8.50. The highest BCUT2D eigenvalue weighted by Gasteiger charge is 2.27. The molecule has 1 N–H and O–H groups in total. The van der Waals surface area contributed by atoms with Crippen molar-refractivity contribution in [1.29, 1.82) is 0 Å². The fourth-order valence-corrected chi connectivity index (χ4v) is 2.54. The highest BCUT2D eigenvalue weighted by Crippen LogP contribution is 2.29. The molecule has 3 rings (SSSR count). The lowest BCUT2D eigenvalue weighted by Gasteiger charge is -2.31. The van der Waals surface area contributed by atoms with Gasteiger partial charge in [-0.05, 0) is 37.1 Å². The average Bonchev–Trinajstić information content (AvgIpc) is 3.30. The first-order chi connectivity index (χ1) is 9.86. The van der Waals surface area contributed by atoms with E-state index in [2.05, 4.69) is 30.4 Å². The Balaban J connectivity index is 1.74. The van der Waals surface area contributed by atoms with Crippen LogP contribution < -0.4 is 10.1 Å². The van der Waals surface area contributed by atoms with Crippen molar-refractivity contribution < 1.29 is 14.2 Å². The first-order valence-corrected chi connectivity index (χ1v) is 7.56. The van der Waals surface area contributed by atoms with Crippen molar-refractivity contribution in [2.75, 3.05) is 26.4 Å². The van der Waals surface area contributed by atoms with E-state index < -0.39 is 0 Å². The fraction of sp³-hybridized carbons (Fsp3) is 0.625. The van der Waals surface area contributed by atoms with E-state index in [9.17, 15) is 0 Å². The van der Waals surface area contributed by atoms with Gasteiger partial charge in [0.25, 0.3) is 0 Å². The largest absolute Gasteiger partial charge is 0.490 e. The smallest absolute Gasteiger partial charge is 0.120 e. The van der Waals surface area contributed by atoms with Gasteiger partial charge in [-0.25, -0.2) is 0 Å². The summed E-state index contributed by atoms with van der Waals surface area (Å²) in [5.74, 6) is 0.963. The van der Waals surface area contributed by atoms with Gasteiger partial charge in [-0.2, -0.15) is 0 Å². The van der Waals surface area contributed by atoms with Crippen LogP contribution in [0.25, 0.3) is 0 Å². The third-order valence-corrected chi connectivity index (χ3v) is 3.68. The van der Waals surface area contributed by atoms with Crippen LogP contribution in [0.5, 0.6) is 5.75 Å². The normalized spacial score (nSPS) is 24.4. The predicted octanol–water partition coefficient (Wildman–Crippen LogP) is 2.29. The average molecular weight is 277 g/mol. The molecular formula is C16H23NO3. The summed E-state index contributed by atoms with van der Waals surface area (Å²) < 4.78 is 17.3. The van der Waals surface area contributed by atoms with Crippen molar-refractivity contribution in [3.05, 3.63) is 29.8 Å². The number of rotatable bonds is 6. The highest BCUT2D eigenvalue weighted by atomic mass is 16.6. The standard InChI is InChI=1S/C16H23NO3/c1-2-17-16(15-11-18-8-9-19-15)12-4-3-5-14(10-12)20-13-6-7-13/h3-5,10,13,15-17H,2,6-9,11H2,1H3. The lowest BCUT2D eigenvalue weighted by atomic mass is 10.0. The van der Waals surface area contributed by atoms with Gasteiger partial charge in [0.15, 0.2) is 0 Å². The SMILES string of the molecule is CCNC(c1cccc(OC2CC2)c1)C1COCCO1. The van der Waals surface area contributed by atoms with Crippen LogP contribution in [0.1, 0.15) is 31.4 Å². The molecule has 0 radical (unpaired) electrons. The van der Waals surface area contributed by atoms with Crippen LogP contribution in [0.2, 0.25) is 0 Å². The maximum absolute atomic E-state index is 5.88. The van der Waals surface area contributed by atoms with Crippen LogP contribution in [0.3, 0.4) is 0 Å². The quantitative estimate of drug-likeness (QED) is 0.866. The molecule has 20 heavy (non-hydrogen) atoms. The van der Waals surface area contributed by atoms with Gasteiger partial charge in [0.05, 0.1) is 32.0 Å². The summed E-state index contributed by atoms with van der Waals surface area (Å²) in [6.45, 7) is 5.02. The Morgan fingerprint density at radius 2 is 2.25 bits per heavy atom. The van der Waals surface area contributed by atoms with Gasteiger partial charge < -0.3 is 19.5 Å². The van der Waals surface area contributed by atoms with Gasteiger partial charge in [0.1, 0.15) is 11.9 Å². The third kappa shape index (κ3) is 3.51. The molecule has 2 fully saturated rings. The van der Waals surface area contributed by atoms with E-state index in [1.165, 1.54) is 18.4 Å². The number of hydrogen-bond acceptors (Lipinski definition) is 4. The molecule has 0 spiro atoms. The van der Waals surface area contributed by atoms with Crippen molar-refractivity contribution in [2.45, 2.75) is 38.0 Å². The van der Waals surface area contributed by atoms with E-state index in [1.54, 1.807) is 0 Å². The van der Waals surface area contributed by atoms with Gasteiger partial charge in [-0.3, -0.25) is 0 Å². The molecule has 1 aromatic carbocycles. The summed E-state index contributed by atoms with van der Waals surface area (Å²) in [7, 11) is 0. The second-order valence-electron chi connectivity index (χ2n) is 5.41. The number of ether oxygens (including phenoxy) is 3. The molecule has 110 valence electrons. The minimum Gasteiger partial charge on any atom is -0.490 e. The molecule has 4 nitrogen and oxygen atoms in total.